The molecule has 120 valence electrons. The van der Waals surface area contributed by atoms with E-state index in [0.717, 1.165) is 26.2 Å². The van der Waals surface area contributed by atoms with E-state index in [1.54, 1.807) is 13.8 Å². The van der Waals surface area contributed by atoms with Gasteiger partial charge in [0, 0.05) is 31.9 Å². The summed E-state index contributed by atoms with van der Waals surface area (Å²) in [5.41, 5.74) is 7.65. The molecular formula is C15H25Cl2N3O. The van der Waals surface area contributed by atoms with Gasteiger partial charge in [-0.2, -0.15) is 0 Å². The highest BCUT2D eigenvalue weighted by Gasteiger charge is 2.30. The predicted molar refractivity (Wildman–Crippen MR) is 92.7 cm³/mol. The van der Waals surface area contributed by atoms with E-state index in [2.05, 4.69) is 36.1 Å². The summed E-state index contributed by atoms with van der Waals surface area (Å²) in [6.07, 6.45) is 0. The Morgan fingerprint density at radius 2 is 1.62 bits per heavy atom. The van der Waals surface area contributed by atoms with Gasteiger partial charge in [-0.25, -0.2) is 0 Å². The third-order valence-electron chi connectivity index (χ3n) is 3.57. The summed E-state index contributed by atoms with van der Waals surface area (Å²) in [4.78, 5) is 16.3. The second-order valence-electron chi connectivity index (χ2n) is 5.79. The van der Waals surface area contributed by atoms with Crippen LogP contribution in [0.1, 0.15) is 19.4 Å². The number of hydrogen-bond acceptors (Lipinski definition) is 3. The van der Waals surface area contributed by atoms with Gasteiger partial charge in [0.25, 0.3) is 0 Å². The molecule has 1 heterocycles. The summed E-state index contributed by atoms with van der Waals surface area (Å²) in [5, 5.41) is 0. The Balaban J connectivity index is 0.00000200. The lowest BCUT2D eigenvalue weighted by molar-refractivity contribution is -0.136. The first-order chi connectivity index (χ1) is 8.89. The van der Waals surface area contributed by atoms with Crippen LogP contribution in [0.5, 0.6) is 0 Å². The summed E-state index contributed by atoms with van der Waals surface area (Å²) in [7, 11) is 0. The molecule has 0 atom stereocenters. The van der Waals surface area contributed by atoms with Gasteiger partial charge >= 0.3 is 0 Å². The summed E-state index contributed by atoms with van der Waals surface area (Å²) in [6.45, 7) is 8.88. The molecule has 1 aromatic carbocycles. The molecule has 21 heavy (non-hydrogen) atoms. The average molecular weight is 334 g/mol. The van der Waals surface area contributed by atoms with Crippen LogP contribution in [0.2, 0.25) is 0 Å². The monoisotopic (exact) mass is 333 g/mol. The van der Waals surface area contributed by atoms with Crippen molar-refractivity contribution in [1.82, 2.24) is 4.90 Å². The van der Waals surface area contributed by atoms with Crippen LogP contribution in [-0.4, -0.2) is 42.5 Å². The normalized spacial score (nSPS) is 15.0. The van der Waals surface area contributed by atoms with E-state index in [9.17, 15) is 4.79 Å². The number of piperazine rings is 1. The number of amides is 1. The zero-order valence-corrected chi connectivity index (χ0v) is 14.5. The first-order valence-electron chi connectivity index (χ1n) is 6.78. The molecule has 0 bridgehead atoms. The lowest BCUT2D eigenvalue weighted by Gasteiger charge is -2.39. The van der Waals surface area contributed by atoms with Crippen LogP contribution in [0.15, 0.2) is 24.3 Å². The molecule has 1 amide bonds. The van der Waals surface area contributed by atoms with Crippen LogP contribution in [0.25, 0.3) is 0 Å². The quantitative estimate of drug-likeness (QED) is 0.902. The van der Waals surface area contributed by atoms with E-state index in [1.807, 2.05) is 4.90 Å². The Bertz CT molecular complexity index is 466. The van der Waals surface area contributed by atoms with Gasteiger partial charge < -0.3 is 15.5 Å². The largest absolute Gasteiger partial charge is 0.368 e. The minimum atomic E-state index is -0.773. The molecule has 0 unspecified atom stereocenters. The minimum absolute atomic E-state index is 0. The van der Waals surface area contributed by atoms with Gasteiger partial charge in [0.1, 0.15) is 0 Å². The summed E-state index contributed by atoms with van der Waals surface area (Å²) >= 11 is 0. The number of rotatable bonds is 2. The van der Waals surface area contributed by atoms with Crippen molar-refractivity contribution >= 4 is 36.4 Å². The Morgan fingerprint density at radius 1 is 1.10 bits per heavy atom. The standard InChI is InChI=1S/C15H23N3O.2ClH/c1-12-6-4-5-7-13(12)17-8-10-18(11-9-17)14(19)15(2,3)16;;/h4-7H,8-11,16H2,1-3H3;2*1H. The summed E-state index contributed by atoms with van der Waals surface area (Å²) in [6, 6.07) is 8.37. The predicted octanol–water partition coefficient (Wildman–Crippen LogP) is 2.22. The van der Waals surface area contributed by atoms with Crippen LogP contribution < -0.4 is 10.6 Å². The molecular weight excluding hydrogens is 309 g/mol. The number of carbonyl (C=O) groups is 1. The molecule has 0 radical (unpaired) electrons. The number of nitrogens with zero attached hydrogens (tertiary/aromatic N) is 2. The number of anilines is 1. The van der Waals surface area contributed by atoms with Crippen LogP contribution >= 0.6 is 24.8 Å². The van der Waals surface area contributed by atoms with E-state index >= 15 is 0 Å². The van der Waals surface area contributed by atoms with Gasteiger partial charge in [0.05, 0.1) is 5.54 Å². The van der Waals surface area contributed by atoms with E-state index in [1.165, 1.54) is 11.3 Å². The number of nitrogens with two attached hydrogens (primary N) is 1. The lowest BCUT2D eigenvalue weighted by atomic mass is 10.0. The Kier molecular flexibility index (Phi) is 7.51. The Labute approximate surface area is 139 Å². The fourth-order valence-corrected chi connectivity index (χ4v) is 2.48. The van der Waals surface area contributed by atoms with Crippen LogP contribution in [0.3, 0.4) is 0 Å². The van der Waals surface area contributed by atoms with Gasteiger partial charge in [0.15, 0.2) is 0 Å². The number of carbonyl (C=O) groups excluding carboxylic acids is 1. The number of halogens is 2. The van der Waals surface area contributed by atoms with Gasteiger partial charge in [-0.3, -0.25) is 4.79 Å². The maximum atomic E-state index is 12.1. The van der Waals surface area contributed by atoms with Crippen LogP contribution in [0.4, 0.5) is 5.69 Å². The third-order valence-corrected chi connectivity index (χ3v) is 3.57. The number of hydrogen-bond donors (Lipinski definition) is 1. The fraction of sp³-hybridized carbons (Fsp3) is 0.533. The van der Waals surface area contributed by atoms with Crippen molar-refractivity contribution in [1.29, 1.82) is 0 Å². The number of para-hydroxylation sites is 1. The molecule has 2 rings (SSSR count). The highest BCUT2D eigenvalue weighted by atomic mass is 35.5. The van der Waals surface area contributed by atoms with Crippen LogP contribution in [0, 0.1) is 6.92 Å². The molecule has 6 heteroatoms. The lowest BCUT2D eigenvalue weighted by Crippen LogP contribution is -2.57. The Hall–Kier alpha value is -0.970. The molecule has 0 aromatic heterocycles. The van der Waals surface area contributed by atoms with Crippen molar-refractivity contribution in [3.05, 3.63) is 29.8 Å². The van der Waals surface area contributed by atoms with E-state index in [4.69, 9.17) is 5.73 Å². The third kappa shape index (κ3) is 4.77. The van der Waals surface area contributed by atoms with Gasteiger partial charge in [0.2, 0.25) is 5.91 Å². The van der Waals surface area contributed by atoms with Gasteiger partial charge in [-0.05, 0) is 32.4 Å². The van der Waals surface area contributed by atoms with Crippen LogP contribution in [-0.2, 0) is 4.79 Å². The first-order valence-corrected chi connectivity index (χ1v) is 6.78. The SMILES string of the molecule is Cc1ccccc1N1CCN(C(=O)C(C)(C)N)CC1.Cl.Cl. The number of benzene rings is 1. The van der Waals surface area contributed by atoms with Crippen molar-refractivity contribution in [2.75, 3.05) is 31.1 Å². The first kappa shape index (κ1) is 20.0. The molecule has 1 aromatic rings. The van der Waals surface area contributed by atoms with Crippen molar-refractivity contribution in [3.63, 3.8) is 0 Å². The highest BCUT2D eigenvalue weighted by Crippen LogP contribution is 2.21. The molecule has 0 spiro atoms. The fourth-order valence-electron chi connectivity index (χ4n) is 2.48. The zero-order valence-electron chi connectivity index (χ0n) is 12.8. The van der Waals surface area contributed by atoms with Crippen molar-refractivity contribution in [3.8, 4) is 0 Å². The topological polar surface area (TPSA) is 49.6 Å². The highest BCUT2D eigenvalue weighted by molar-refractivity contribution is 5.86. The van der Waals surface area contributed by atoms with E-state index in [0.29, 0.717) is 0 Å². The van der Waals surface area contributed by atoms with E-state index in [-0.39, 0.29) is 30.7 Å². The molecule has 1 fully saturated rings. The molecule has 2 N–H and O–H groups in total. The maximum Gasteiger partial charge on any atom is 0.242 e. The number of aryl methyl sites for hydroxylation is 1. The summed E-state index contributed by atoms with van der Waals surface area (Å²) < 4.78 is 0. The molecule has 1 saturated heterocycles. The Morgan fingerprint density at radius 3 is 2.10 bits per heavy atom. The van der Waals surface area contributed by atoms with Crippen molar-refractivity contribution in [2.45, 2.75) is 26.3 Å². The molecule has 1 aliphatic rings. The minimum Gasteiger partial charge on any atom is -0.368 e. The molecule has 0 saturated carbocycles. The van der Waals surface area contributed by atoms with E-state index < -0.39 is 5.54 Å². The van der Waals surface area contributed by atoms with Gasteiger partial charge in [-0.1, -0.05) is 18.2 Å². The summed E-state index contributed by atoms with van der Waals surface area (Å²) in [5.74, 6) is 0.0388. The second-order valence-corrected chi connectivity index (χ2v) is 5.79. The smallest absolute Gasteiger partial charge is 0.242 e. The molecule has 0 aliphatic carbocycles. The average Bonchev–Trinajstić information content (AvgIpc) is 2.38. The van der Waals surface area contributed by atoms with Gasteiger partial charge in [-0.15, -0.1) is 24.8 Å². The second kappa shape index (κ2) is 7.87. The maximum absolute atomic E-state index is 12.1. The zero-order chi connectivity index (χ0) is 14.0. The molecule has 1 aliphatic heterocycles. The van der Waals surface area contributed by atoms with Crippen molar-refractivity contribution < 1.29 is 4.79 Å². The van der Waals surface area contributed by atoms with Crippen molar-refractivity contribution in [2.24, 2.45) is 5.73 Å². The molecule has 4 nitrogen and oxygen atoms in total.